The summed E-state index contributed by atoms with van der Waals surface area (Å²) >= 11 is 0. The van der Waals surface area contributed by atoms with Gasteiger partial charge >= 0.3 is 0 Å². The average molecular weight is 298 g/mol. The zero-order valence-electron chi connectivity index (χ0n) is 12.0. The number of methoxy groups -OCH3 is 1. The van der Waals surface area contributed by atoms with E-state index in [-0.39, 0.29) is 0 Å². The topological polar surface area (TPSA) is 72.6 Å². The number of nitrogens with zero attached hydrogens (tertiary/aromatic N) is 1. The number of hydrogen-bond acceptors (Lipinski definition) is 4. The lowest BCUT2D eigenvalue weighted by molar-refractivity contribution is 0.121. The van der Waals surface area contributed by atoms with Crippen LogP contribution in [0.4, 0.5) is 5.69 Å². The minimum absolute atomic E-state index is 0.358. The maximum atomic E-state index is 12.6. The SMILES string of the molecule is COCC1CCN(S(=O)(=O)c2ccc(N)cc2C)CC1. The molecule has 0 radical (unpaired) electrons. The van der Waals surface area contributed by atoms with Crippen LogP contribution in [0.1, 0.15) is 18.4 Å². The van der Waals surface area contributed by atoms with E-state index in [0.717, 1.165) is 12.8 Å². The van der Waals surface area contributed by atoms with Crippen molar-refractivity contribution in [2.75, 3.05) is 32.5 Å². The molecule has 2 N–H and O–H groups in total. The number of ether oxygens (including phenoxy) is 1. The second-order valence-corrected chi connectivity index (χ2v) is 7.23. The number of benzene rings is 1. The molecule has 1 aromatic carbocycles. The number of piperidine rings is 1. The van der Waals surface area contributed by atoms with Crippen LogP contribution in [0.15, 0.2) is 23.1 Å². The lowest BCUT2D eigenvalue weighted by atomic mass is 9.99. The van der Waals surface area contributed by atoms with E-state index in [1.165, 1.54) is 0 Å². The van der Waals surface area contributed by atoms with Gasteiger partial charge in [-0.05, 0) is 49.4 Å². The Morgan fingerprint density at radius 3 is 2.55 bits per heavy atom. The molecule has 112 valence electrons. The molecule has 0 unspecified atom stereocenters. The van der Waals surface area contributed by atoms with E-state index in [4.69, 9.17) is 10.5 Å². The fraction of sp³-hybridized carbons (Fsp3) is 0.571. The Kier molecular flexibility index (Phi) is 4.67. The van der Waals surface area contributed by atoms with Gasteiger partial charge in [0.2, 0.25) is 10.0 Å². The summed E-state index contributed by atoms with van der Waals surface area (Å²) in [6.07, 6.45) is 1.70. The number of rotatable bonds is 4. The number of anilines is 1. The predicted molar refractivity (Wildman–Crippen MR) is 79.0 cm³/mol. The highest BCUT2D eigenvalue weighted by atomic mass is 32.2. The monoisotopic (exact) mass is 298 g/mol. The molecule has 5 nitrogen and oxygen atoms in total. The molecular weight excluding hydrogens is 276 g/mol. The number of hydrogen-bond donors (Lipinski definition) is 1. The summed E-state index contributed by atoms with van der Waals surface area (Å²) in [6, 6.07) is 4.93. The van der Waals surface area contributed by atoms with Gasteiger partial charge in [-0.1, -0.05) is 0 Å². The van der Waals surface area contributed by atoms with E-state index in [0.29, 0.717) is 41.8 Å². The van der Waals surface area contributed by atoms with Gasteiger partial charge in [-0.15, -0.1) is 0 Å². The van der Waals surface area contributed by atoms with Crippen LogP contribution in [-0.4, -0.2) is 39.5 Å². The molecule has 2 rings (SSSR count). The van der Waals surface area contributed by atoms with Crippen LogP contribution in [0, 0.1) is 12.8 Å². The van der Waals surface area contributed by atoms with Gasteiger partial charge in [0.25, 0.3) is 0 Å². The normalized spacial score (nSPS) is 18.3. The molecule has 1 fully saturated rings. The third-order valence-electron chi connectivity index (χ3n) is 3.79. The van der Waals surface area contributed by atoms with E-state index in [1.807, 2.05) is 0 Å². The number of nitrogens with two attached hydrogens (primary N) is 1. The van der Waals surface area contributed by atoms with Crippen LogP contribution in [0.2, 0.25) is 0 Å². The molecule has 0 bridgehead atoms. The van der Waals surface area contributed by atoms with Gasteiger partial charge in [0, 0.05) is 32.5 Å². The van der Waals surface area contributed by atoms with Gasteiger partial charge in [-0.3, -0.25) is 0 Å². The maximum Gasteiger partial charge on any atom is 0.243 e. The highest BCUT2D eigenvalue weighted by molar-refractivity contribution is 7.89. The van der Waals surface area contributed by atoms with Gasteiger partial charge in [0.1, 0.15) is 0 Å². The third-order valence-corrected chi connectivity index (χ3v) is 5.85. The molecule has 0 saturated carbocycles. The van der Waals surface area contributed by atoms with Crippen LogP contribution >= 0.6 is 0 Å². The van der Waals surface area contributed by atoms with Crippen molar-refractivity contribution in [2.24, 2.45) is 5.92 Å². The average Bonchev–Trinajstić information content (AvgIpc) is 2.39. The van der Waals surface area contributed by atoms with E-state index < -0.39 is 10.0 Å². The molecule has 1 aliphatic rings. The Bertz CT molecular complexity index is 564. The predicted octanol–water partition coefficient (Wildman–Crippen LogP) is 1.62. The van der Waals surface area contributed by atoms with Crippen LogP contribution in [-0.2, 0) is 14.8 Å². The van der Waals surface area contributed by atoms with E-state index in [1.54, 1.807) is 36.5 Å². The molecule has 1 heterocycles. The first-order valence-corrected chi connectivity index (χ1v) is 8.24. The maximum absolute atomic E-state index is 12.6. The lowest BCUT2D eigenvalue weighted by Gasteiger charge is -2.31. The molecule has 0 atom stereocenters. The fourth-order valence-electron chi connectivity index (χ4n) is 2.65. The zero-order valence-corrected chi connectivity index (χ0v) is 12.8. The molecule has 0 aliphatic carbocycles. The minimum atomic E-state index is -3.41. The van der Waals surface area contributed by atoms with Crippen molar-refractivity contribution in [3.05, 3.63) is 23.8 Å². The van der Waals surface area contributed by atoms with Gasteiger partial charge in [0.05, 0.1) is 4.90 Å². The van der Waals surface area contributed by atoms with Crippen LogP contribution in [0.3, 0.4) is 0 Å². The Hall–Kier alpha value is -1.11. The molecule has 1 saturated heterocycles. The third kappa shape index (κ3) is 3.13. The Morgan fingerprint density at radius 2 is 2.00 bits per heavy atom. The summed E-state index contributed by atoms with van der Waals surface area (Å²) in [5.74, 6) is 0.457. The lowest BCUT2D eigenvalue weighted by Crippen LogP contribution is -2.39. The molecule has 6 heteroatoms. The van der Waals surface area contributed by atoms with Gasteiger partial charge in [-0.2, -0.15) is 4.31 Å². The van der Waals surface area contributed by atoms with E-state index >= 15 is 0 Å². The Morgan fingerprint density at radius 1 is 1.35 bits per heavy atom. The largest absolute Gasteiger partial charge is 0.399 e. The zero-order chi connectivity index (χ0) is 14.8. The van der Waals surface area contributed by atoms with Crippen molar-refractivity contribution in [1.82, 2.24) is 4.31 Å². The standard InChI is InChI=1S/C14H22N2O3S/c1-11-9-13(15)3-4-14(11)20(17,18)16-7-5-12(6-8-16)10-19-2/h3-4,9,12H,5-8,10,15H2,1-2H3. The quantitative estimate of drug-likeness (QED) is 0.857. The highest BCUT2D eigenvalue weighted by Crippen LogP contribution is 2.26. The van der Waals surface area contributed by atoms with E-state index in [2.05, 4.69) is 0 Å². The minimum Gasteiger partial charge on any atom is -0.399 e. The van der Waals surface area contributed by atoms with Crippen LogP contribution < -0.4 is 5.73 Å². The molecular formula is C14H22N2O3S. The second kappa shape index (κ2) is 6.11. The van der Waals surface area contributed by atoms with Crippen molar-refractivity contribution in [1.29, 1.82) is 0 Å². The Labute approximate surface area is 120 Å². The summed E-state index contributed by atoms with van der Waals surface area (Å²) < 4.78 is 32.0. The smallest absolute Gasteiger partial charge is 0.243 e. The van der Waals surface area contributed by atoms with Crippen molar-refractivity contribution in [3.63, 3.8) is 0 Å². The molecule has 1 aromatic rings. The highest BCUT2D eigenvalue weighted by Gasteiger charge is 2.30. The van der Waals surface area contributed by atoms with E-state index in [9.17, 15) is 8.42 Å². The van der Waals surface area contributed by atoms with Gasteiger partial charge < -0.3 is 10.5 Å². The molecule has 1 aliphatic heterocycles. The molecule has 0 spiro atoms. The number of aryl methyl sites for hydroxylation is 1. The summed E-state index contributed by atoms with van der Waals surface area (Å²) in [5, 5.41) is 0. The van der Waals surface area contributed by atoms with Crippen LogP contribution in [0.25, 0.3) is 0 Å². The summed E-state index contributed by atoms with van der Waals surface area (Å²) in [6.45, 7) is 3.59. The first-order valence-electron chi connectivity index (χ1n) is 6.80. The second-order valence-electron chi connectivity index (χ2n) is 5.33. The summed E-state index contributed by atoms with van der Waals surface area (Å²) in [5.41, 5.74) is 6.96. The first-order chi connectivity index (χ1) is 9.45. The Balaban J connectivity index is 2.15. The first kappa shape index (κ1) is 15.3. The van der Waals surface area contributed by atoms with Gasteiger partial charge in [-0.25, -0.2) is 8.42 Å². The number of nitrogen functional groups attached to an aromatic ring is 1. The van der Waals surface area contributed by atoms with Crippen molar-refractivity contribution < 1.29 is 13.2 Å². The number of sulfonamides is 1. The van der Waals surface area contributed by atoms with Crippen molar-refractivity contribution >= 4 is 15.7 Å². The molecule has 20 heavy (non-hydrogen) atoms. The fourth-order valence-corrected chi connectivity index (χ4v) is 4.33. The molecule has 0 aromatic heterocycles. The van der Waals surface area contributed by atoms with Crippen molar-refractivity contribution in [2.45, 2.75) is 24.7 Å². The van der Waals surface area contributed by atoms with Gasteiger partial charge in [0.15, 0.2) is 0 Å². The summed E-state index contributed by atoms with van der Waals surface area (Å²) in [7, 11) is -1.73. The molecule has 0 amide bonds. The van der Waals surface area contributed by atoms with Crippen LogP contribution in [0.5, 0.6) is 0 Å². The van der Waals surface area contributed by atoms with Crippen molar-refractivity contribution in [3.8, 4) is 0 Å². The summed E-state index contributed by atoms with van der Waals surface area (Å²) in [4.78, 5) is 0.358.